The van der Waals surface area contributed by atoms with Crippen LogP contribution >= 0.6 is 24.0 Å². The smallest absolute Gasteiger partial charge is 0.191 e. The molecule has 1 saturated heterocycles. The molecule has 2 aliphatic rings. The molecule has 1 heterocycles. The van der Waals surface area contributed by atoms with Gasteiger partial charge < -0.3 is 10.6 Å². The SMILES string of the molecule is CCNC(=NCC1CCCN1CC)NC1CC1(C)C.I. The lowest BCUT2D eigenvalue weighted by Gasteiger charge is -2.21. The second-order valence-electron chi connectivity index (χ2n) is 6.53. The molecule has 4 nitrogen and oxygen atoms in total. The largest absolute Gasteiger partial charge is 0.357 e. The van der Waals surface area contributed by atoms with Crippen molar-refractivity contribution in [3.63, 3.8) is 0 Å². The summed E-state index contributed by atoms with van der Waals surface area (Å²) in [7, 11) is 0. The van der Waals surface area contributed by atoms with Gasteiger partial charge in [0.1, 0.15) is 0 Å². The normalized spacial score (nSPS) is 28.9. The molecule has 0 aromatic heterocycles. The number of likely N-dealkylation sites (N-methyl/N-ethyl adjacent to an activating group) is 1. The lowest BCUT2D eigenvalue weighted by atomic mass is 10.2. The molecule has 0 aromatic rings. The Morgan fingerprint density at radius 1 is 1.35 bits per heavy atom. The third-order valence-electron chi connectivity index (χ3n) is 4.53. The molecule has 1 aliphatic heterocycles. The van der Waals surface area contributed by atoms with E-state index < -0.39 is 0 Å². The molecule has 2 unspecified atom stereocenters. The fourth-order valence-corrected chi connectivity index (χ4v) is 2.91. The summed E-state index contributed by atoms with van der Waals surface area (Å²) in [5.41, 5.74) is 0.443. The minimum atomic E-state index is 0. The Hall–Kier alpha value is -0.0400. The number of hydrogen-bond donors (Lipinski definition) is 2. The molecule has 20 heavy (non-hydrogen) atoms. The number of nitrogens with zero attached hydrogens (tertiary/aromatic N) is 2. The van der Waals surface area contributed by atoms with Crippen LogP contribution in [0.5, 0.6) is 0 Å². The average Bonchev–Trinajstić information content (AvgIpc) is 2.78. The molecule has 0 aromatic carbocycles. The van der Waals surface area contributed by atoms with Crippen LogP contribution in [0.15, 0.2) is 4.99 Å². The van der Waals surface area contributed by atoms with Crippen molar-refractivity contribution in [3.05, 3.63) is 0 Å². The monoisotopic (exact) mass is 394 g/mol. The van der Waals surface area contributed by atoms with E-state index in [0.29, 0.717) is 17.5 Å². The number of likely N-dealkylation sites (tertiary alicyclic amines) is 1. The summed E-state index contributed by atoms with van der Waals surface area (Å²) in [6, 6.07) is 1.24. The highest BCUT2D eigenvalue weighted by Crippen LogP contribution is 2.44. The molecule has 2 N–H and O–H groups in total. The Morgan fingerprint density at radius 3 is 2.60 bits per heavy atom. The molecular weight excluding hydrogens is 363 g/mol. The van der Waals surface area contributed by atoms with Gasteiger partial charge in [-0.1, -0.05) is 20.8 Å². The summed E-state index contributed by atoms with van der Waals surface area (Å²) < 4.78 is 0. The van der Waals surface area contributed by atoms with Gasteiger partial charge in [0.05, 0.1) is 6.54 Å². The molecule has 0 amide bonds. The zero-order chi connectivity index (χ0) is 13.9. The molecule has 2 atom stereocenters. The van der Waals surface area contributed by atoms with E-state index in [2.05, 4.69) is 43.2 Å². The summed E-state index contributed by atoms with van der Waals surface area (Å²) in [6.45, 7) is 13.3. The quantitative estimate of drug-likeness (QED) is 0.428. The molecule has 1 aliphatic carbocycles. The fraction of sp³-hybridized carbons (Fsp3) is 0.933. The van der Waals surface area contributed by atoms with Gasteiger partial charge >= 0.3 is 0 Å². The summed E-state index contributed by atoms with van der Waals surface area (Å²) in [4.78, 5) is 7.34. The Labute approximate surface area is 141 Å². The number of nitrogens with one attached hydrogen (secondary N) is 2. The van der Waals surface area contributed by atoms with Crippen LogP contribution in [0.25, 0.3) is 0 Å². The molecule has 0 spiro atoms. The molecular formula is C15H31IN4. The molecule has 0 radical (unpaired) electrons. The van der Waals surface area contributed by atoms with E-state index >= 15 is 0 Å². The van der Waals surface area contributed by atoms with Crippen LogP contribution in [0.3, 0.4) is 0 Å². The maximum absolute atomic E-state index is 4.79. The third kappa shape index (κ3) is 4.76. The summed E-state index contributed by atoms with van der Waals surface area (Å²) in [6.07, 6.45) is 3.88. The van der Waals surface area contributed by atoms with Crippen molar-refractivity contribution in [2.24, 2.45) is 10.4 Å². The summed E-state index contributed by atoms with van der Waals surface area (Å²) in [5, 5.41) is 6.93. The van der Waals surface area contributed by atoms with Crippen molar-refractivity contribution < 1.29 is 0 Å². The van der Waals surface area contributed by atoms with E-state index in [0.717, 1.165) is 25.6 Å². The number of aliphatic imine (C=N–C) groups is 1. The first-order chi connectivity index (χ1) is 9.06. The van der Waals surface area contributed by atoms with E-state index in [-0.39, 0.29) is 24.0 Å². The summed E-state index contributed by atoms with van der Waals surface area (Å²) >= 11 is 0. The Morgan fingerprint density at radius 2 is 2.05 bits per heavy atom. The third-order valence-corrected chi connectivity index (χ3v) is 4.53. The van der Waals surface area contributed by atoms with Crippen molar-refractivity contribution in [1.82, 2.24) is 15.5 Å². The maximum atomic E-state index is 4.79. The predicted octanol–water partition coefficient (Wildman–Crippen LogP) is 2.44. The van der Waals surface area contributed by atoms with Gasteiger partial charge in [-0.3, -0.25) is 9.89 Å². The topological polar surface area (TPSA) is 39.7 Å². The van der Waals surface area contributed by atoms with E-state index in [1.54, 1.807) is 0 Å². The van der Waals surface area contributed by atoms with Crippen molar-refractivity contribution >= 4 is 29.9 Å². The second kappa shape index (κ2) is 7.82. The minimum absolute atomic E-state index is 0. The molecule has 118 valence electrons. The van der Waals surface area contributed by atoms with Gasteiger partial charge in [0, 0.05) is 18.6 Å². The molecule has 2 fully saturated rings. The van der Waals surface area contributed by atoms with Gasteiger partial charge in [-0.15, -0.1) is 24.0 Å². The Balaban J connectivity index is 0.00000200. The minimum Gasteiger partial charge on any atom is -0.357 e. The first kappa shape index (κ1) is 18.0. The number of halogens is 1. The highest BCUT2D eigenvalue weighted by atomic mass is 127. The van der Waals surface area contributed by atoms with Gasteiger partial charge in [0.15, 0.2) is 5.96 Å². The van der Waals surface area contributed by atoms with Crippen LogP contribution in [0.2, 0.25) is 0 Å². The molecule has 0 bridgehead atoms. The summed E-state index contributed by atoms with van der Waals surface area (Å²) in [5.74, 6) is 1.00. The van der Waals surface area contributed by atoms with Crippen LogP contribution in [0.1, 0.15) is 47.0 Å². The first-order valence-electron chi connectivity index (χ1n) is 7.85. The number of guanidine groups is 1. The standard InChI is InChI=1S/C15H30N4.HI/c1-5-16-14(18-13-10-15(13,3)4)17-11-12-8-7-9-19(12)6-2;/h12-13H,5-11H2,1-4H3,(H2,16,17,18);1H. The second-order valence-corrected chi connectivity index (χ2v) is 6.53. The first-order valence-corrected chi connectivity index (χ1v) is 7.85. The highest BCUT2D eigenvalue weighted by Gasteiger charge is 2.46. The molecule has 1 saturated carbocycles. The van der Waals surface area contributed by atoms with E-state index in [9.17, 15) is 0 Å². The van der Waals surface area contributed by atoms with Crippen molar-refractivity contribution in [1.29, 1.82) is 0 Å². The van der Waals surface area contributed by atoms with E-state index in [1.807, 2.05) is 0 Å². The predicted molar refractivity (Wildman–Crippen MR) is 97.0 cm³/mol. The maximum Gasteiger partial charge on any atom is 0.191 e. The van der Waals surface area contributed by atoms with Crippen LogP contribution in [-0.2, 0) is 0 Å². The Kier molecular flexibility index (Phi) is 7.04. The van der Waals surface area contributed by atoms with Crippen LogP contribution < -0.4 is 10.6 Å². The zero-order valence-electron chi connectivity index (χ0n) is 13.4. The van der Waals surface area contributed by atoms with Gasteiger partial charge in [0.2, 0.25) is 0 Å². The zero-order valence-corrected chi connectivity index (χ0v) is 15.7. The van der Waals surface area contributed by atoms with Gasteiger partial charge in [-0.05, 0) is 44.7 Å². The van der Waals surface area contributed by atoms with Gasteiger partial charge in [-0.25, -0.2) is 0 Å². The molecule has 2 rings (SSSR count). The van der Waals surface area contributed by atoms with Crippen LogP contribution in [0.4, 0.5) is 0 Å². The van der Waals surface area contributed by atoms with Crippen molar-refractivity contribution in [2.75, 3.05) is 26.2 Å². The van der Waals surface area contributed by atoms with E-state index in [1.165, 1.54) is 25.8 Å². The lowest BCUT2D eigenvalue weighted by molar-refractivity contribution is 0.273. The lowest BCUT2D eigenvalue weighted by Crippen LogP contribution is -2.41. The van der Waals surface area contributed by atoms with Crippen LogP contribution in [0, 0.1) is 5.41 Å². The average molecular weight is 394 g/mol. The number of rotatable bonds is 5. The molecule has 5 heteroatoms. The Bertz CT molecular complexity index is 330. The highest BCUT2D eigenvalue weighted by molar-refractivity contribution is 14.0. The van der Waals surface area contributed by atoms with Crippen molar-refractivity contribution in [2.45, 2.75) is 59.0 Å². The van der Waals surface area contributed by atoms with Crippen LogP contribution in [-0.4, -0.2) is 49.1 Å². The fourth-order valence-electron chi connectivity index (χ4n) is 2.91. The van der Waals surface area contributed by atoms with Gasteiger partial charge in [-0.2, -0.15) is 0 Å². The van der Waals surface area contributed by atoms with Gasteiger partial charge in [0.25, 0.3) is 0 Å². The number of hydrogen-bond acceptors (Lipinski definition) is 2. The van der Waals surface area contributed by atoms with E-state index in [4.69, 9.17) is 4.99 Å². The van der Waals surface area contributed by atoms with Crippen molar-refractivity contribution in [3.8, 4) is 0 Å².